The van der Waals surface area contributed by atoms with Crippen LogP contribution in [0.2, 0.25) is 0 Å². The van der Waals surface area contributed by atoms with E-state index in [1.54, 1.807) is 18.0 Å². The Morgan fingerprint density at radius 2 is 1.82 bits per heavy atom. The molecule has 2 heterocycles. The highest BCUT2D eigenvalue weighted by molar-refractivity contribution is 7.99. The van der Waals surface area contributed by atoms with Crippen molar-refractivity contribution in [1.29, 1.82) is 0 Å². The molecule has 0 spiro atoms. The summed E-state index contributed by atoms with van der Waals surface area (Å²) in [5.41, 5.74) is 7.91. The van der Waals surface area contributed by atoms with Crippen LogP contribution in [0.4, 0.5) is 0 Å². The van der Waals surface area contributed by atoms with E-state index in [2.05, 4.69) is 20.9 Å². The minimum absolute atomic E-state index is 0.696. The van der Waals surface area contributed by atoms with E-state index in [9.17, 15) is 4.79 Å². The third-order valence-corrected chi connectivity index (χ3v) is 5.02. The molecule has 4 aromatic rings. The molecule has 2 aromatic heterocycles. The zero-order chi connectivity index (χ0) is 19.8. The van der Waals surface area contributed by atoms with Crippen LogP contribution in [0.5, 0.6) is 0 Å². The van der Waals surface area contributed by atoms with Gasteiger partial charge in [0.15, 0.2) is 6.29 Å². The number of aromatic amines is 1. The van der Waals surface area contributed by atoms with Gasteiger partial charge in [-0.25, -0.2) is 0 Å². The number of aldehydes is 1. The number of carbonyl (C=O) groups excluding carboxylic acids is 1. The number of nitrogens with zero attached hydrogens (tertiary/aromatic N) is 2. The highest BCUT2D eigenvalue weighted by atomic mass is 32.2. The third kappa shape index (κ3) is 4.54. The van der Waals surface area contributed by atoms with Crippen molar-refractivity contribution in [2.24, 2.45) is 5.73 Å². The van der Waals surface area contributed by atoms with E-state index >= 15 is 0 Å². The second-order valence-electron chi connectivity index (χ2n) is 5.66. The molecule has 0 radical (unpaired) electrons. The molecule has 3 N–H and O–H groups in total. The SMILES string of the molecule is CN.O=Cc1ccccc1Sc1ccc2c(/C=C/c3ccccn3)n[nH]c2c1. The number of nitrogens with two attached hydrogens (primary N) is 1. The van der Waals surface area contributed by atoms with Crippen LogP contribution in [0.3, 0.4) is 0 Å². The summed E-state index contributed by atoms with van der Waals surface area (Å²) < 4.78 is 0. The minimum atomic E-state index is 0.696. The Bertz CT molecular complexity index is 1090. The number of fused-ring (bicyclic) bond motifs is 1. The first-order valence-electron chi connectivity index (χ1n) is 8.70. The van der Waals surface area contributed by atoms with E-state index in [0.29, 0.717) is 5.56 Å². The second kappa shape index (κ2) is 9.64. The van der Waals surface area contributed by atoms with Crippen molar-refractivity contribution >= 4 is 41.1 Å². The highest BCUT2D eigenvalue weighted by Gasteiger charge is 2.07. The molecule has 2 aromatic carbocycles. The topological polar surface area (TPSA) is 84.7 Å². The number of carbonyl (C=O) groups is 1. The fourth-order valence-electron chi connectivity index (χ4n) is 2.65. The van der Waals surface area contributed by atoms with Crippen molar-refractivity contribution in [2.75, 3.05) is 7.05 Å². The van der Waals surface area contributed by atoms with Crippen molar-refractivity contribution in [2.45, 2.75) is 9.79 Å². The Labute approximate surface area is 167 Å². The van der Waals surface area contributed by atoms with Gasteiger partial charge in [0.1, 0.15) is 0 Å². The molecule has 0 saturated heterocycles. The van der Waals surface area contributed by atoms with Gasteiger partial charge in [-0.2, -0.15) is 5.10 Å². The first-order chi connectivity index (χ1) is 13.8. The number of nitrogens with one attached hydrogen (secondary N) is 1. The maximum Gasteiger partial charge on any atom is 0.151 e. The molecule has 6 heteroatoms. The van der Waals surface area contributed by atoms with Gasteiger partial charge in [-0.1, -0.05) is 36.0 Å². The maximum absolute atomic E-state index is 11.2. The zero-order valence-electron chi connectivity index (χ0n) is 15.4. The fourth-order valence-corrected chi connectivity index (χ4v) is 3.59. The quantitative estimate of drug-likeness (QED) is 0.486. The molecular formula is C22H20N4OS. The lowest BCUT2D eigenvalue weighted by atomic mass is 10.2. The van der Waals surface area contributed by atoms with Crippen LogP contribution in [0.15, 0.2) is 76.7 Å². The van der Waals surface area contributed by atoms with Crippen LogP contribution in [0.1, 0.15) is 21.7 Å². The molecule has 5 nitrogen and oxygen atoms in total. The van der Waals surface area contributed by atoms with Gasteiger partial charge in [-0.3, -0.25) is 14.9 Å². The van der Waals surface area contributed by atoms with Crippen molar-refractivity contribution in [3.63, 3.8) is 0 Å². The largest absolute Gasteiger partial charge is 0.333 e. The van der Waals surface area contributed by atoms with Crippen LogP contribution in [-0.4, -0.2) is 28.5 Å². The predicted molar refractivity (Wildman–Crippen MR) is 115 cm³/mol. The Morgan fingerprint density at radius 3 is 2.61 bits per heavy atom. The van der Waals surface area contributed by atoms with Gasteiger partial charge in [0.2, 0.25) is 0 Å². The van der Waals surface area contributed by atoms with Gasteiger partial charge in [-0.15, -0.1) is 0 Å². The van der Waals surface area contributed by atoms with Gasteiger partial charge < -0.3 is 5.73 Å². The summed E-state index contributed by atoms with van der Waals surface area (Å²) in [5, 5.41) is 8.51. The van der Waals surface area contributed by atoms with Crippen molar-refractivity contribution in [1.82, 2.24) is 15.2 Å². The van der Waals surface area contributed by atoms with Crippen LogP contribution < -0.4 is 5.73 Å². The number of aromatic nitrogens is 3. The number of H-pyrrole nitrogens is 1. The van der Waals surface area contributed by atoms with Crippen LogP contribution in [0.25, 0.3) is 23.1 Å². The molecular weight excluding hydrogens is 368 g/mol. The third-order valence-electron chi connectivity index (χ3n) is 3.94. The summed E-state index contributed by atoms with van der Waals surface area (Å²) in [4.78, 5) is 17.5. The Morgan fingerprint density at radius 1 is 1.00 bits per heavy atom. The molecule has 0 aliphatic carbocycles. The zero-order valence-corrected chi connectivity index (χ0v) is 16.2. The van der Waals surface area contributed by atoms with E-state index in [1.807, 2.05) is 72.8 Å². The summed E-state index contributed by atoms with van der Waals surface area (Å²) in [6.07, 6.45) is 6.55. The first-order valence-corrected chi connectivity index (χ1v) is 9.52. The molecule has 0 fully saturated rings. The average molecular weight is 388 g/mol. The average Bonchev–Trinajstić information content (AvgIpc) is 3.17. The predicted octanol–water partition coefficient (Wildman–Crippen LogP) is 4.67. The van der Waals surface area contributed by atoms with Gasteiger partial charge in [0, 0.05) is 26.9 Å². The van der Waals surface area contributed by atoms with Gasteiger partial charge in [-0.05, 0) is 55.6 Å². The molecule has 0 amide bonds. The van der Waals surface area contributed by atoms with Crippen LogP contribution >= 0.6 is 11.8 Å². The van der Waals surface area contributed by atoms with Crippen molar-refractivity contribution in [3.05, 3.63) is 83.8 Å². The molecule has 28 heavy (non-hydrogen) atoms. The van der Waals surface area contributed by atoms with E-state index in [-0.39, 0.29) is 0 Å². The van der Waals surface area contributed by atoms with Gasteiger partial charge >= 0.3 is 0 Å². The Kier molecular flexibility index (Phi) is 6.73. The second-order valence-corrected chi connectivity index (χ2v) is 6.78. The normalized spacial score (nSPS) is 10.6. The summed E-state index contributed by atoms with van der Waals surface area (Å²) in [7, 11) is 1.50. The van der Waals surface area contributed by atoms with E-state index < -0.39 is 0 Å². The standard InChI is InChI=1S/C21H15N3OS.CH5N/c25-14-15-5-1-2-7-21(15)26-17-9-10-18-19(23-24-20(18)13-17)11-8-16-6-3-4-12-22-16;1-2/h1-14H,(H,23,24);2H2,1H3/b11-8+;. The van der Waals surface area contributed by atoms with Gasteiger partial charge in [0.25, 0.3) is 0 Å². The van der Waals surface area contributed by atoms with Crippen molar-refractivity contribution < 1.29 is 4.79 Å². The number of hydrogen-bond acceptors (Lipinski definition) is 5. The Balaban J connectivity index is 0.00000109. The number of hydrogen-bond donors (Lipinski definition) is 2. The van der Waals surface area contributed by atoms with Crippen LogP contribution in [-0.2, 0) is 0 Å². The summed E-state index contributed by atoms with van der Waals surface area (Å²) in [6.45, 7) is 0. The number of rotatable bonds is 5. The molecule has 0 atom stereocenters. The fraction of sp³-hybridized carbons (Fsp3) is 0.0455. The molecule has 140 valence electrons. The van der Waals surface area contributed by atoms with E-state index in [4.69, 9.17) is 0 Å². The lowest BCUT2D eigenvalue weighted by molar-refractivity contribution is 0.112. The molecule has 0 saturated carbocycles. The van der Waals surface area contributed by atoms with Crippen LogP contribution in [0, 0.1) is 0 Å². The lowest BCUT2D eigenvalue weighted by Gasteiger charge is -2.04. The van der Waals surface area contributed by atoms with E-state index in [0.717, 1.165) is 38.4 Å². The molecule has 0 bridgehead atoms. The smallest absolute Gasteiger partial charge is 0.151 e. The van der Waals surface area contributed by atoms with E-state index in [1.165, 1.54) is 7.05 Å². The summed E-state index contributed by atoms with van der Waals surface area (Å²) in [6, 6.07) is 19.5. The molecule has 0 aliphatic heterocycles. The summed E-state index contributed by atoms with van der Waals surface area (Å²) >= 11 is 1.57. The molecule has 0 unspecified atom stereocenters. The highest BCUT2D eigenvalue weighted by Crippen LogP contribution is 2.32. The van der Waals surface area contributed by atoms with Gasteiger partial charge in [0.05, 0.1) is 16.9 Å². The number of benzene rings is 2. The maximum atomic E-state index is 11.2. The number of pyridine rings is 1. The lowest BCUT2D eigenvalue weighted by Crippen LogP contribution is -1.84. The molecule has 0 aliphatic rings. The summed E-state index contributed by atoms with van der Waals surface area (Å²) in [5.74, 6) is 0. The Hall–Kier alpha value is -3.22. The molecule has 4 rings (SSSR count). The minimum Gasteiger partial charge on any atom is -0.333 e. The van der Waals surface area contributed by atoms with Crippen molar-refractivity contribution in [3.8, 4) is 0 Å². The first kappa shape index (κ1) is 19.5. The monoisotopic (exact) mass is 388 g/mol.